The summed E-state index contributed by atoms with van der Waals surface area (Å²) in [5.41, 5.74) is 3.85. The van der Waals surface area contributed by atoms with Gasteiger partial charge in [-0.05, 0) is 97.5 Å². The monoisotopic (exact) mass is 705 g/mol. The van der Waals surface area contributed by atoms with Gasteiger partial charge < -0.3 is 10.2 Å². The Balaban J connectivity index is 1.57. The third-order valence-corrected chi connectivity index (χ3v) is 11.2. The second-order valence-electron chi connectivity index (χ2n) is 12.4. The normalized spacial score (nSPS) is 14.2. The van der Waals surface area contributed by atoms with Crippen molar-refractivity contribution in [3.8, 4) is 0 Å². The second-order valence-corrected chi connectivity index (χ2v) is 15.2. The zero-order valence-electron chi connectivity index (χ0n) is 27.2. The van der Waals surface area contributed by atoms with E-state index in [1.807, 2.05) is 62.4 Å². The highest BCUT2D eigenvalue weighted by atomic mass is 35.5. The molecule has 10 heteroatoms. The quantitative estimate of drug-likeness (QED) is 0.162. The average Bonchev–Trinajstić information content (AvgIpc) is 3.08. The lowest BCUT2D eigenvalue weighted by Gasteiger charge is -2.35. The SMILES string of the molecule is Cc1ccc(N(CC(=O)N(Cc2ccc(Cl)cc2)[C@@H](Cc2ccccc2)C(=O)NC2CCCCC2)S(=O)(=O)c2ccc(Cl)cc2)cc1C. The Hall–Kier alpha value is -3.85. The molecule has 252 valence electrons. The van der Waals surface area contributed by atoms with Crippen molar-refractivity contribution >= 4 is 50.7 Å². The van der Waals surface area contributed by atoms with E-state index in [0.29, 0.717) is 15.7 Å². The number of hydrogen-bond acceptors (Lipinski definition) is 4. The van der Waals surface area contributed by atoms with E-state index >= 15 is 0 Å². The summed E-state index contributed by atoms with van der Waals surface area (Å²) in [5.74, 6) is -0.771. The molecule has 1 atom stereocenters. The summed E-state index contributed by atoms with van der Waals surface area (Å²) in [6.45, 7) is 3.39. The van der Waals surface area contributed by atoms with Gasteiger partial charge in [0.05, 0.1) is 10.6 Å². The van der Waals surface area contributed by atoms with Crippen LogP contribution < -0.4 is 9.62 Å². The fourth-order valence-corrected chi connectivity index (χ4v) is 7.69. The van der Waals surface area contributed by atoms with Crippen LogP contribution in [0.5, 0.6) is 0 Å². The van der Waals surface area contributed by atoms with Crippen LogP contribution in [0.4, 0.5) is 5.69 Å². The Morgan fingerprint density at radius 3 is 2.04 bits per heavy atom. The van der Waals surface area contributed by atoms with Crippen LogP contribution in [0, 0.1) is 13.8 Å². The maximum atomic E-state index is 14.7. The molecule has 1 fully saturated rings. The van der Waals surface area contributed by atoms with Crippen LogP contribution in [0.2, 0.25) is 10.0 Å². The van der Waals surface area contributed by atoms with Crippen LogP contribution in [0.3, 0.4) is 0 Å². The van der Waals surface area contributed by atoms with Crippen molar-refractivity contribution in [1.29, 1.82) is 0 Å². The number of anilines is 1. The van der Waals surface area contributed by atoms with Gasteiger partial charge in [-0.25, -0.2) is 8.42 Å². The number of hydrogen-bond donors (Lipinski definition) is 1. The molecular weight excluding hydrogens is 665 g/mol. The predicted octanol–water partition coefficient (Wildman–Crippen LogP) is 7.89. The highest BCUT2D eigenvalue weighted by Gasteiger charge is 2.35. The van der Waals surface area contributed by atoms with E-state index in [1.54, 1.807) is 24.3 Å². The molecule has 1 aliphatic rings. The summed E-state index contributed by atoms with van der Waals surface area (Å²) in [7, 11) is -4.23. The molecule has 7 nitrogen and oxygen atoms in total. The van der Waals surface area contributed by atoms with Gasteiger partial charge in [-0.15, -0.1) is 0 Å². The first kappa shape index (κ1) is 35.5. The molecule has 48 heavy (non-hydrogen) atoms. The van der Waals surface area contributed by atoms with Crippen LogP contribution in [0.15, 0.2) is 102 Å². The lowest BCUT2D eigenvalue weighted by molar-refractivity contribution is -0.140. The summed E-state index contributed by atoms with van der Waals surface area (Å²) in [5, 5.41) is 4.17. The van der Waals surface area contributed by atoms with Crippen molar-refractivity contribution in [2.24, 2.45) is 0 Å². The van der Waals surface area contributed by atoms with E-state index in [1.165, 1.54) is 29.2 Å². The Morgan fingerprint density at radius 1 is 0.792 bits per heavy atom. The minimum Gasteiger partial charge on any atom is -0.352 e. The van der Waals surface area contributed by atoms with E-state index < -0.39 is 28.5 Å². The number of aryl methyl sites for hydroxylation is 2. The molecule has 1 aliphatic carbocycles. The molecule has 0 saturated heterocycles. The van der Waals surface area contributed by atoms with Crippen LogP contribution in [-0.4, -0.2) is 43.8 Å². The van der Waals surface area contributed by atoms with Crippen LogP contribution >= 0.6 is 23.2 Å². The first-order chi connectivity index (χ1) is 23.0. The van der Waals surface area contributed by atoms with Crippen molar-refractivity contribution in [2.75, 3.05) is 10.8 Å². The van der Waals surface area contributed by atoms with Crippen LogP contribution in [-0.2, 0) is 32.6 Å². The van der Waals surface area contributed by atoms with Gasteiger partial charge in [0.1, 0.15) is 12.6 Å². The summed E-state index contributed by atoms with van der Waals surface area (Å²) in [6, 6.07) is 26.9. The predicted molar refractivity (Wildman–Crippen MR) is 193 cm³/mol. The Kier molecular flexibility index (Phi) is 11.8. The number of halogens is 2. The summed E-state index contributed by atoms with van der Waals surface area (Å²) in [6.07, 6.45) is 5.23. The lowest BCUT2D eigenvalue weighted by Crippen LogP contribution is -2.55. The second kappa shape index (κ2) is 16.0. The van der Waals surface area contributed by atoms with E-state index in [-0.39, 0.29) is 29.8 Å². The van der Waals surface area contributed by atoms with Gasteiger partial charge in [0, 0.05) is 29.1 Å². The van der Waals surface area contributed by atoms with Crippen molar-refractivity contribution in [1.82, 2.24) is 10.2 Å². The molecule has 5 rings (SSSR count). The first-order valence-corrected chi connectivity index (χ1v) is 18.4. The Morgan fingerprint density at radius 2 is 1.42 bits per heavy atom. The minimum atomic E-state index is -4.23. The molecule has 0 heterocycles. The van der Waals surface area contributed by atoms with Crippen LogP contribution in [0.25, 0.3) is 0 Å². The molecule has 0 unspecified atom stereocenters. The third kappa shape index (κ3) is 8.98. The summed E-state index contributed by atoms with van der Waals surface area (Å²) in [4.78, 5) is 30.4. The first-order valence-electron chi connectivity index (χ1n) is 16.2. The fraction of sp³-hybridized carbons (Fsp3) is 0.316. The molecule has 0 spiro atoms. The highest BCUT2D eigenvalue weighted by molar-refractivity contribution is 7.92. The van der Waals surface area contributed by atoms with Gasteiger partial charge in [-0.2, -0.15) is 0 Å². The summed E-state index contributed by atoms with van der Waals surface area (Å²) < 4.78 is 29.7. The van der Waals surface area contributed by atoms with Gasteiger partial charge in [0.15, 0.2) is 0 Å². The lowest BCUT2D eigenvalue weighted by atomic mass is 9.94. The van der Waals surface area contributed by atoms with Crippen molar-refractivity contribution in [3.05, 3.63) is 129 Å². The molecule has 4 aromatic carbocycles. The molecule has 0 aromatic heterocycles. The number of sulfonamides is 1. The minimum absolute atomic E-state index is 0.00180. The van der Waals surface area contributed by atoms with E-state index in [9.17, 15) is 18.0 Å². The topological polar surface area (TPSA) is 86.8 Å². The molecule has 1 saturated carbocycles. The molecule has 0 radical (unpaired) electrons. The van der Waals surface area contributed by atoms with Gasteiger partial charge >= 0.3 is 0 Å². The highest BCUT2D eigenvalue weighted by Crippen LogP contribution is 2.28. The number of nitrogens with zero attached hydrogens (tertiary/aromatic N) is 2. The Labute approximate surface area is 293 Å². The van der Waals surface area contributed by atoms with Crippen molar-refractivity contribution < 1.29 is 18.0 Å². The van der Waals surface area contributed by atoms with E-state index in [2.05, 4.69) is 5.32 Å². The van der Waals surface area contributed by atoms with E-state index in [0.717, 1.165) is 58.7 Å². The maximum Gasteiger partial charge on any atom is 0.264 e. The number of nitrogens with one attached hydrogen (secondary N) is 1. The molecule has 4 aromatic rings. The smallest absolute Gasteiger partial charge is 0.264 e. The standard InChI is InChI=1S/C38H41Cl2N3O4S/c1-27-13-20-34(23-28(27)2)43(48(46,47)35-21-18-32(40)19-22-35)26-37(44)42(25-30-14-16-31(39)17-15-30)36(24-29-9-5-3-6-10-29)38(45)41-33-11-7-4-8-12-33/h3,5-6,9-10,13-23,33,36H,4,7-8,11-12,24-26H2,1-2H3,(H,41,45)/t36-/m0/s1. The number of rotatable bonds is 12. The zero-order chi connectivity index (χ0) is 34.3. The van der Waals surface area contributed by atoms with Gasteiger partial charge in [-0.1, -0.05) is 91.0 Å². The molecular formula is C38H41Cl2N3O4S. The van der Waals surface area contributed by atoms with Crippen molar-refractivity contribution in [3.63, 3.8) is 0 Å². The van der Waals surface area contributed by atoms with E-state index in [4.69, 9.17) is 23.2 Å². The van der Waals surface area contributed by atoms with Gasteiger partial charge in [-0.3, -0.25) is 13.9 Å². The van der Waals surface area contributed by atoms with Gasteiger partial charge in [0.2, 0.25) is 11.8 Å². The number of benzene rings is 4. The molecule has 1 N–H and O–H groups in total. The number of carbonyl (C=O) groups is 2. The third-order valence-electron chi connectivity index (χ3n) is 8.95. The maximum absolute atomic E-state index is 14.7. The largest absolute Gasteiger partial charge is 0.352 e. The fourth-order valence-electron chi connectivity index (χ4n) is 6.03. The van der Waals surface area contributed by atoms with Crippen LogP contribution in [0.1, 0.15) is 54.4 Å². The number of carbonyl (C=O) groups excluding carboxylic acids is 2. The molecule has 0 aliphatic heterocycles. The van der Waals surface area contributed by atoms with Gasteiger partial charge in [0.25, 0.3) is 10.0 Å². The average molecular weight is 707 g/mol. The van der Waals surface area contributed by atoms with Crippen molar-refractivity contribution in [2.45, 2.75) is 75.9 Å². The summed E-state index contributed by atoms with van der Waals surface area (Å²) >= 11 is 12.3. The number of amides is 2. The molecule has 2 amide bonds. The molecule has 0 bridgehead atoms. The zero-order valence-corrected chi connectivity index (χ0v) is 29.6. The Bertz CT molecular complexity index is 1810.